The Kier molecular flexibility index (Phi) is 7.94. The summed E-state index contributed by atoms with van der Waals surface area (Å²) >= 11 is 7.93. The highest BCUT2D eigenvalue weighted by Gasteiger charge is 2.17. The van der Waals surface area contributed by atoms with Gasteiger partial charge in [-0.05, 0) is 78.4 Å². The van der Waals surface area contributed by atoms with Gasteiger partial charge in [-0.1, -0.05) is 83.9 Å². The highest BCUT2D eigenvalue weighted by Crippen LogP contribution is 2.34. The number of rotatable bonds is 8. The molecule has 0 aromatic heterocycles. The number of carbonyl (C=O) groups is 1. The van der Waals surface area contributed by atoms with E-state index in [1.807, 2.05) is 59.8 Å². The molecule has 0 bridgehead atoms. The summed E-state index contributed by atoms with van der Waals surface area (Å²) in [6, 6.07) is 32.6. The SMILES string of the molecule is Cc1ccc(SN(CC(=O)NCc2cccc(-c3ccccc3)c2)c2cccc(Cl)c2C)cc1. The molecule has 34 heavy (non-hydrogen) atoms. The topological polar surface area (TPSA) is 32.3 Å². The zero-order valence-corrected chi connectivity index (χ0v) is 20.9. The van der Waals surface area contributed by atoms with Gasteiger partial charge in [-0.3, -0.25) is 4.79 Å². The fourth-order valence-corrected chi connectivity index (χ4v) is 4.80. The van der Waals surface area contributed by atoms with Crippen LogP contribution in [-0.2, 0) is 11.3 Å². The van der Waals surface area contributed by atoms with E-state index in [1.165, 1.54) is 17.5 Å². The monoisotopic (exact) mass is 486 g/mol. The highest BCUT2D eigenvalue weighted by atomic mass is 35.5. The van der Waals surface area contributed by atoms with Gasteiger partial charge in [-0.25, -0.2) is 0 Å². The van der Waals surface area contributed by atoms with Gasteiger partial charge in [0.2, 0.25) is 5.91 Å². The lowest BCUT2D eigenvalue weighted by molar-refractivity contribution is -0.119. The lowest BCUT2D eigenvalue weighted by atomic mass is 10.0. The Morgan fingerprint density at radius 1 is 0.853 bits per heavy atom. The molecule has 0 unspecified atom stereocenters. The summed E-state index contributed by atoms with van der Waals surface area (Å²) in [5.41, 5.74) is 6.44. The summed E-state index contributed by atoms with van der Waals surface area (Å²) in [6.07, 6.45) is 0. The van der Waals surface area contributed by atoms with E-state index >= 15 is 0 Å². The zero-order valence-electron chi connectivity index (χ0n) is 19.3. The van der Waals surface area contributed by atoms with Crippen LogP contribution in [0.5, 0.6) is 0 Å². The van der Waals surface area contributed by atoms with Crippen molar-refractivity contribution in [3.05, 3.63) is 119 Å². The summed E-state index contributed by atoms with van der Waals surface area (Å²) in [5.74, 6) is -0.0518. The average Bonchev–Trinajstić information content (AvgIpc) is 2.86. The summed E-state index contributed by atoms with van der Waals surface area (Å²) in [4.78, 5) is 14.1. The summed E-state index contributed by atoms with van der Waals surface area (Å²) in [5, 5.41) is 3.77. The van der Waals surface area contributed by atoms with E-state index in [1.54, 1.807) is 0 Å². The van der Waals surface area contributed by atoms with E-state index in [4.69, 9.17) is 11.6 Å². The molecule has 0 aliphatic rings. The average molecular weight is 487 g/mol. The molecule has 0 saturated heterocycles. The predicted molar refractivity (Wildman–Crippen MR) is 144 cm³/mol. The van der Waals surface area contributed by atoms with Crippen LogP contribution in [0.1, 0.15) is 16.7 Å². The molecule has 0 aliphatic heterocycles. The van der Waals surface area contributed by atoms with Crippen molar-refractivity contribution in [1.82, 2.24) is 5.32 Å². The Morgan fingerprint density at radius 2 is 1.56 bits per heavy atom. The van der Waals surface area contributed by atoms with Crippen LogP contribution >= 0.6 is 23.5 Å². The van der Waals surface area contributed by atoms with Gasteiger partial charge in [-0.2, -0.15) is 0 Å². The number of halogens is 1. The molecule has 0 heterocycles. The molecule has 1 N–H and O–H groups in total. The van der Waals surface area contributed by atoms with E-state index in [-0.39, 0.29) is 12.5 Å². The molecule has 1 amide bonds. The van der Waals surface area contributed by atoms with E-state index < -0.39 is 0 Å². The Balaban J connectivity index is 1.47. The number of hydrogen-bond donors (Lipinski definition) is 1. The fourth-order valence-electron chi connectivity index (χ4n) is 3.64. The van der Waals surface area contributed by atoms with Crippen molar-refractivity contribution in [2.75, 3.05) is 10.8 Å². The van der Waals surface area contributed by atoms with Crippen LogP contribution < -0.4 is 9.62 Å². The number of hydrogen-bond acceptors (Lipinski definition) is 3. The van der Waals surface area contributed by atoms with Crippen molar-refractivity contribution in [2.24, 2.45) is 0 Å². The number of aryl methyl sites for hydroxylation is 1. The lowest BCUT2D eigenvalue weighted by Crippen LogP contribution is -2.34. The van der Waals surface area contributed by atoms with Gasteiger partial charge in [0, 0.05) is 16.5 Å². The molecule has 4 aromatic carbocycles. The lowest BCUT2D eigenvalue weighted by Gasteiger charge is -2.25. The van der Waals surface area contributed by atoms with E-state index in [9.17, 15) is 4.79 Å². The standard InChI is InChI=1S/C29H27ClN2OS/c1-21-14-16-26(17-15-21)34-32(28-13-7-12-27(30)22(28)2)20-29(33)31-19-23-8-6-11-25(18-23)24-9-4-3-5-10-24/h3-18H,19-20H2,1-2H3,(H,31,33). The first-order chi connectivity index (χ1) is 16.5. The van der Waals surface area contributed by atoms with Crippen molar-refractivity contribution in [3.8, 4) is 11.1 Å². The number of amides is 1. The van der Waals surface area contributed by atoms with Gasteiger partial charge >= 0.3 is 0 Å². The van der Waals surface area contributed by atoms with Crippen molar-refractivity contribution in [3.63, 3.8) is 0 Å². The van der Waals surface area contributed by atoms with Gasteiger partial charge in [0.05, 0.1) is 5.69 Å². The highest BCUT2D eigenvalue weighted by molar-refractivity contribution is 8.00. The molecule has 4 aromatic rings. The molecule has 0 aliphatic carbocycles. The van der Waals surface area contributed by atoms with Crippen molar-refractivity contribution >= 4 is 35.1 Å². The summed E-state index contributed by atoms with van der Waals surface area (Å²) < 4.78 is 2.00. The van der Waals surface area contributed by atoms with Crippen molar-refractivity contribution in [2.45, 2.75) is 25.3 Å². The Bertz CT molecular complexity index is 1260. The molecule has 172 valence electrons. The molecular weight excluding hydrogens is 460 g/mol. The first kappa shape index (κ1) is 23.9. The zero-order chi connectivity index (χ0) is 23.9. The van der Waals surface area contributed by atoms with E-state index in [2.05, 4.69) is 60.8 Å². The van der Waals surface area contributed by atoms with Crippen molar-refractivity contribution in [1.29, 1.82) is 0 Å². The van der Waals surface area contributed by atoms with Gasteiger partial charge in [-0.15, -0.1) is 0 Å². The van der Waals surface area contributed by atoms with Crippen LogP contribution in [0.4, 0.5) is 5.69 Å². The fraction of sp³-hybridized carbons (Fsp3) is 0.138. The summed E-state index contributed by atoms with van der Waals surface area (Å²) in [6.45, 7) is 4.72. The molecule has 3 nitrogen and oxygen atoms in total. The first-order valence-electron chi connectivity index (χ1n) is 11.2. The summed E-state index contributed by atoms with van der Waals surface area (Å²) in [7, 11) is 0. The minimum atomic E-state index is -0.0518. The quantitative estimate of drug-likeness (QED) is 0.262. The molecule has 0 atom stereocenters. The van der Waals surface area contributed by atoms with Crippen LogP contribution in [0.2, 0.25) is 5.02 Å². The largest absolute Gasteiger partial charge is 0.350 e. The maximum Gasteiger partial charge on any atom is 0.240 e. The van der Waals surface area contributed by atoms with Gasteiger partial charge in [0.1, 0.15) is 6.54 Å². The molecule has 0 saturated carbocycles. The Labute approximate surface area is 210 Å². The molecule has 0 fully saturated rings. The van der Waals surface area contributed by atoms with E-state index in [0.29, 0.717) is 11.6 Å². The van der Waals surface area contributed by atoms with Crippen molar-refractivity contribution < 1.29 is 4.79 Å². The third-order valence-electron chi connectivity index (χ3n) is 5.56. The number of benzene rings is 4. The third-order valence-corrected chi connectivity index (χ3v) is 6.99. The Morgan fingerprint density at radius 3 is 2.32 bits per heavy atom. The number of nitrogens with zero attached hydrogens (tertiary/aromatic N) is 1. The molecule has 0 radical (unpaired) electrons. The van der Waals surface area contributed by atoms with Gasteiger partial charge in [0.25, 0.3) is 0 Å². The van der Waals surface area contributed by atoms with Crippen LogP contribution in [0.3, 0.4) is 0 Å². The first-order valence-corrected chi connectivity index (χ1v) is 12.3. The maximum atomic E-state index is 13.0. The third kappa shape index (κ3) is 6.22. The van der Waals surface area contributed by atoms with Crippen LogP contribution in [0, 0.1) is 13.8 Å². The molecule has 5 heteroatoms. The van der Waals surface area contributed by atoms with Crippen LogP contribution in [-0.4, -0.2) is 12.5 Å². The predicted octanol–water partition coefficient (Wildman–Crippen LogP) is 7.45. The minimum Gasteiger partial charge on any atom is -0.350 e. The van der Waals surface area contributed by atoms with E-state index in [0.717, 1.165) is 32.8 Å². The molecule has 4 rings (SSSR count). The second kappa shape index (κ2) is 11.3. The maximum absolute atomic E-state index is 13.0. The number of nitrogens with one attached hydrogen (secondary N) is 1. The second-order valence-electron chi connectivity index (χ2n) is 8.17. The molecule has 0 spiro atoms. The number of carbonyl (C=O) groups excluding carboxylic acids is 1. The molecular formula is C29H27ClN2OS. The second-order valence-corrected chi connectivity index (χ2v) is 9.67. The van der Waals surface area contributed by atoms with Gasteiger partial charge in [0.15, 0.2) is 0 Å². The van der Waals surface area contributed by atoms with Crippen LogP contribution in [0.15, 0.2) is 102 Å². The Hall–Kier alpha value is -3.21. The smallest absolute Gasteiger partial charge is 0.240 e. The van der Waals surface area contributed by atoms with Gasteiger partial charge < -0.3 is 9.62 Å². The minimum absolute atomic E-state index is 0.0518. The number of anilines is 1. The normalized spacial score (nSPS) is 10.7. The van der Waals surface area contributed by atoms with Crippen LogP contribution in [0.25, 0.3) is 11.1 Å².